The highest BCUT2D eigenvalue weighted by atomic mass is 19.3. The van der Waals surface area contributed by atoms with Crippen LogP contribution in [0.4, 0.5) is 8.78 Å². The first-order valence-corrected chi connectivity index (χ1v) is 7.33. The number of aryl methyl sites for hydroxylation is 1. The molecule has 0 spiro atoms. The van der Waals surface area contributed by atoms with Crippen molar-refractivity contribution >= 4 is 0 Å². The number of aromatic nitrogens is 3. The third-order valence-corrected chi connectivity index (χ3v) is 3.97. The molecule has 1 saturated heterocycles. The fourth-order valence-corrected chi connectivity index (χ4v) is 2.70. The highest BCUT2D eigenvalue weighted by molar-refractivity contribution is 5.41. The monoisotopic (exact) mass is 307 g/mol. The number of rotatable bonds is 4. The van der Waals surface area contributed by atoms with Crippen molar-refractivity contribution < 1.29 is 8.78 Å². The first kappa shape index (κ1) is 15.1. The molecule has 2 N–H and O–H groups in total. The van der Waals surface area contributed by atoms with Gasteiger partial charge in [-0.1, -0.05) is 12.1 Å². The summed E-state index contributed by atoms with van der Waals surface area (Å²) in [7, 11) is 0. The van der Waals surface area contributed by atoms with Crippen LogP contribution in [-0.4, -0.2) is 39.8 Å². The molecule has 5 nitrogen and oxygen atoms in total. The van der Waals surface area contributed by atoms with Crippen molar-refractivity contribution in [1.29, 1.82) is 0 Å². The summed E-state index contributed by atoms with van der Waals surface area (Å²) >= 11 is 0. The Morgan fingerprint density at radius 2 is 2.32 bits per heavy atom. The molecule has 1 aliphatic heterocycles. The molecule has 22 heavy (non-hydrogen) atoms. The van der Waals surface area contributed by atoms with E-state index >= 15 is 0 Å². The maximum Gasteiger partial charge on any atom is 0.265 e. The molecule has 1 unspecified atom stereocenters. The molecule has 0 radical (unpaired) electrons. The molecule has 118 valence electrons. The topological polar surface area (TPSA) is 54.8 Å². The molecule has 1 aromatic heterocycles. The van der Waals surface area contributed by atoms with Crippen LogP contribution in [0.25, 0.3) is 5.69 Å². The van der Waals surface area contributed by atoms with E-state index in [0.29, 0.717) is 19.6 Å². The Morgan fingerprint density at radius 3 is 3.00 bits per heavy atom. The fraction of sp³-hybridized carbons (Fsp3) is 0.467. The lowest BCUT2D eigenvalue weighted by Crippen LogP contribution is -2.55. The zero-order valence-electron chi connectivity index (χ0n) is 12.4. The van der Waals surface area contributed by atoms with Gasteiger partial charge in [-0.05, 0) is 24.1 Å². The van der Waals surface area contributed by atoms with Gasteiger partial charge in [0.2, 0.25) is 0 Å². The van der Waals surface area contributed by atoms with Gasteiger partial charge in [-0.15, -0.1) is 0 Å². The second kappa shape index (κ2) is 6.10. The lowest BCUT2D eigenvalue weighted by atomic mass is 10.0. The van der Waals surface area contributed by atoms with E-state index in [-0.39, 0.29) is 6.42 Å². The average Bonchev–Trinajstić information content (AvgIpc) is 3.00. The molecule has 1 atom stereocenters. The van der Waals surface area contributed by atoms with E-state index in [2.05, 4.69) is 20.7 Å². The third kappa shape index (κ3) is 3.15. The van der Waals surface area contributed by atoms with E-state index in [0.717, 1.165) is 16.8 Å². The summed E-state index contributed by atoms with van der Waals surface area (Å²) in [4.78, 5) is 3.92. The number of benzene rings is 1. The summed E-state index contributed by atoms with van der Waals surface area (Å²) in [5, 5.41) is 10.1. The van der Waals surface area contributed by atoms with Gasteiger partial charge >= 0.3 is 0 Å². The van der Waals surface area contributed by atoms with Crippen LogP contribution >= 0.6 is 0 Å². The fourth-order valence-electron chi connectivity index (χ4n) is 2.70. The number of halogens is 2. The first-order valence-electron chi connectivity index (χ1n) is 7.33. The number of hydrogen-bond donors (Lipinski definition) is 2. The van der Waals surface area contributed by atoms with E-state index in [1.807, 2.05) is 25.1 Å². The van der Waals surface area contributed by atoms with Crippen molar-refractivity contribution in [2.24, 2.45) is 0 Å². The molecular formula is C15H19F2N5. The third-order valence-electron chi connectivity index (χ3n) is 3.97. The predicted molar refractivity (Wildman–Crippen MR) is 79.2 cm³/mol. The maximum atomic E-state index is 13.8. The van der Waals surface area contributed by atoms with E-state index in [1.165, 1.54) is 6.33 Å². The molecule has 1 aromatic carbocycles. The Morgan fingerprint density at radius 1 is 1.45 bits per heavy atom. The molecule has 1 aliphatic rings. The van der Waals surface area contributed by atoms with E-state index in [4.69, 9.17) is 0 Å². The van der Waals surface area contributed by atoms with Crippen molar-refractivity contribution in [2.45, 2.75) is 31.9 Å². The van der Waals surface area contributed by atoms with E-state index < -0.39 is 12.0 Å². The Balaban J connectivity index is 1.67. The summed E-state index contributed by atoms with van der Waals surface area (Å²) < 4.78 is 29.2. The standard InChI is InChI=1S/C15H19F2N5/c1-11-6-12(2-3-13(11)22-10-19-9-21-22)7-20-14-8-18-5-4-15(14,16)17/h2-3,6,9-10,14,18,20H,4-5,7-8H2,1H3. The molecular weight excluding hydrogens is 288 g/mol. The highest BCUT2D eigenvalue weighted by Gasteiger charge is 2.40. The van der Waals surface area contributed by atoms with Crippen LogP contribution in [-0.2, 0) is 6.54 Å². The molecule has 0 bridgehead atoms. The Kier molecular flexibility index (Phi) is 4.17. The number of nitrogens with zero attached hydrogens (tertiary/aromatic N) is 3. The normalized spacial score (nSPS) is 21.0. The molecule has 0 aliphatic carbocycles. The summed E-state index contributed by atoms with van der Waals surface area (Å²) in [6, 6.07) is 5.01. The zero-order valence-corrected chi connectivity index (χ0v) is 12.4. The summed E-state index contributed by atoms with van der Waals surface area (Å²) in [6.45, 7) is 3.05. The minimum absolute atomic E-state index is 0.116. The van der Waals surface area contributed by atoms with Gasteiger partial charge in [-0.3, -0.25) is 0 Å². The van der Waals surface area contributed by atoms with Crippen LogP contribution < -0.4 is 10.6 Å². The Bertz CT molecular complexity index is 627. The molecule has 0 amide bonds. The summed E-state index contributed by atoms with van der Waals surface area (Å²) in [6.07, 6.45) is 3.00. The van der Waals surface area contributed by atoms with Crippen molar-refractivity contribution in [1.82, 2.24) is 25.4 Å². The summed E-state index contributed by atoms with van der Waals surface area (Å²) in [5.74, 6) is -2.65. The highest BCUT2D eigenvalue weighted by Crippen LogP contribution is 2.25. The minimum atomic E-state index is -2.65. The van der Waals surface area contributed by atoms with Crippen LogP contribution in [0.3, 0.4) is 0 Å². The van der Waals surface area contributed by atoms with E-state index in [9.17, 15) is 8.78 Å². The van der Waals surface area contributed by atoms with E-state index in [1.54, 1.807) is 11.0 Å². The Hall–Kier alpha value is -1.86. The number of nitrogens with one attached hydrogen (secondary N) is 2. The van der Waals surface area contributed by atoms with Gasteiger partial charge < -0.3 is 10.6 Å². The van der Waals surface area contributed by atoms with Crippen molar-refractivity contribution in [2.75, 3.05) is 13.1 Å². The average molecular weight is 307 g/mol. The minimum Gasteiger partial charge on any atom is -0.315 e. The molecule has 2 heterocycles. The molecule has 7 heteroatoms. The molecule has 3 rings (SSSR count). The number of hydrogen-bond acceptors (Lipinski definition) is 4. The smallest absolute Gasteiger partial charge is 0.265 e. The van der Waals surface area contributed by atoms with Gasteiger partial charge in [0.15, 0.2) is 0 Å². The molecule has 0 saturated carbocycles. The van der Waals surface area contributed by atoms with Crippen LogP contribution in [0.5, 0.6) is 0 Å². The SMILES string of the molecule is Cc1cc(CNC2CNCCC2(F)F)ccc1-n1cncn1. The Labute approximate surface area is 127 Å². The van der Waals surface area contributed by atoms with Gasteiger partial charge in [0.25, 0.3) is 5.92 Å². The van der Waals surface area contributed by atoms with Crippen LogP contribution in [0.1, 0.15) is 17.5 Å². The first-order chi connectivity index (χ1) is 10.6. The largest absolute Gasteiger partial charge is 0.315 e. The zero-order chi connectivity index (χ0) is 15.6. The number of alkyl halides is 2. The molecule has 1 fully saturated rings. The predicted octanol–water partition coefficient (Wildman–Crippen LogP) is 1.66. The van der Waals surface area contributed by atoms with Gasteiger partial charge in [0.05, 0.1) is 11.7 Å². The van der Waals surface area contributed by atoms with Crippen LogP contribution in [0.15, 0.2) is 30.9 Å². The molecule has 2 aromatic rings. The lowest BCUT2D eigenvalue weighted by molar-refractivity contribution is -0.0572. The second-order valence-corrected chi connectivity index (χ2v) is 5.61. The van der Waals surface area contributed by atoms with Crippen LogP contribution in [0, 0.1) is 6.92 Å². The van der Waals surface area contributed by atoms with Gasteiger partial charge in [0, 0.05) is 26.1 Å². The van der Waals surface area contributed by atoms with Crippen molar-refractivity contribution in [3.63, 3.8) is 0 Å². The van der Waals surface area contributed by atoms with Gasteiger partial charge in [-0.2, -0.15) is 5.10 Å². The van der Waals surface area contributed by atoms with Crippen molar-refractivity contribution in [3.8, 4) is 5.69 Å². The quantitative estimate of drug-likeness (QED) is 0.902. The van der Waals surface area contributed by atoms with Crippen molar-refractivity contribution in [3.05, 3.63) is 42.0 Å². The summed E-state index contributed by atoms with van der Waals surface area (Å²) in [5.41, 5.74) is 2.94. The second-order valence-electron chi connectivity index (χ2n) is 5.61. The lowest BCUT2D eigenvalue weighted by Gasteiger charge is -2.32. The van der Waals surface area contributed by atoms with Gasteiger partial charge in [-0.25, -0.2) is 18.4 Å². The maximum absolute atomic E-state index is 13.8. The van der Waals surface area contributed by atoms with Gasteiger partial charge in [0.1, 0.15) is 12.7 Å². The number of piperidine rings is 1. The van der Waals surface area contributed by atoms with Crippen LogP contribution in [0.2, 0.25) is 0 Å².